The Balaban J connectivity index is 4.67. The van der Waals surface area contributed by atoms with E-state index < -0.39 is 12.2 Å². The van der Waals surface area contributed by atoms with Crippen LogP contribution in [0.4, 0.5) is 4.79 Å². The molecule has 0 fully saturated rings. The van der Waals surface area contributed by atoms with Crippen LogP contribution in [0, 0.1) is 0 Å². The summed E-state index contributed by atoms with van der Waals surface area (Å²) in [6.07, 6.45) is 5.00. The molecule has 0 spiro atoms. The number of unbranched alkanes of at least 4 members (excludes halogenated alkanes) is 4. The van der Waals surface area contributed by atoms with Gasteiger partial charge in [0.15, 0.2) is 0 Å². The number of ether oxygens (including phenoxy) is 1. The van der Waals surface area contributed by atoms with Crippen LogP contribution in [-0.4, -0.2) is 86.4 Å². The molecule has 11 heteroatoms. The molecule has 11 nitrogen and oxygen atoms in total. The highest BCUT2D eigenvalue weighted by molar-refractivity contribution is 5.85. The monoisotopic (exact) mass is 446 g/mol. The van der Waals surface area contributed by atoms with Gasteiger partial charge in [-0.05, 0) is 64.7 Å². The molecule has 0 heterocycles. The fraction of sp³-hybridized carbons (Fsp3) is 0.850. The van der Waals surface area contributed by atoms with Crippen LogP contribution in [-0.2, 0) is 14.3 Å². The highest BCUT2D eigenvalue weighted by Crippen LogP contribution is 2.03. The maximum absolute atomic E-state index is 12.6. The van der Waals surface area contributed by atoms with Crippen LogP contribution in [0.15, 0.2) is 0 Å². The summed E-state index contributed by atoms with van der Waals surface area (Å²) in [5, 5.41) is 14.6. The van der Waals surface area contributed by atoms with Crippen molar-refractivity contribution in [3.05, 3.63) is 0 Å². The third kappa shape index (κ3) is 17.4. The Labute approximate surface area is 185 Å². The van der Waals surface area contributed by atoms with E-state index in [1.807, 2.05) is 0 Å². The van der Waals surface area contributed by atoms with Gasteiger partial charge in [-0.2, -0.15) is 0 Å². The van der Waals surface area contributed by atoms with E-state index in [1.54, 1.807) is 0 Å². The SMILES string of the molecule is NCCCCCNCC(=O)N(CCCCN)CC(=O)N[C@@H](CCCCN)COC(=O)O. The van der Waals surface area contributed by atoms with E-state index in [9.17, 15) is 14.4 Å². The Hall–Kier alpha value is -1.95. The molecule has 0 saturated carbocycles. The largest absolute Gasteiger partial charge is 0.505 e. The van der Waals surface area contributed by atoms with Crippen molar-refractivity contribution < 1.29 is 24.2 Å². The second-order valence-electron chi connectivity index (χ2n) is 7.46. The topological polar surface area (TPSA) is 186 Å². The average molecular weight is 447 g/mol. The molecule has 0 aliphatic rings. The van der Waals surface area contributed by atoms with Gasteiger partial charge < -0.3 is 42.6 Å². The zero-order chi connectivity index (χ0) is 23.3. The second kappa shape index (κ2) is 20.0. The molecular formula is C20H42N6O5. The molecule has 0 aromatic heterocycles. The Bertz CT molecular complexity index is 495. The van der Waals surface area contributed by atoms with E-state index in [4.69, 9.17) is 22.3 Å². The van der Waals surface area contributed by atoms with Gasteiger partial charge in [0.25, 0.3) is 0 Å². The summed E-state index contributed by atoms with van der Waals surface area (Å²) < 4.78 is 4.62. The molecule has 2 amide bonds. The molecule has 0 aliphatic heterocycles. The van der Waals surface area contributed by atoms with Gasteiger partial charge in [-0.3, -0.25) is 9.59 Å². The lowest BCUT2D eigenvalue weighted by atomic mass is 10.1. The number of carbonyl (C=O) groups is 3. The molecule has 0 radical (unpaired) electrons. The lowest BCUT2D eigenvalue weighted by Gasteiger charge is -2.24. The summed E-state index contributed by atoms with van der Waals surface area (Å²) in [6.45, 7) is 2.75. The summed E-state index contributed by atoms with van der Waals surface area (Å²) in [5.74, 6) is -0.511. The first kappa shape index (κ1) is 29.1. The van der Waals surface area contributed by atoms with Crippen LogP contribution in [0.2, 0.25) is 0 Å². The lowest BCUT2D eigenvalue weighted by Crippen LogP contribution is -2.48. The molecule has 0 unspecified atom stereocenters. The van der Waals surface area contributed by atoms with Crippen molar-refractivity contribution in [2.45, 2.75) is 57.4 Å². The number of nitrogens with zero attached hydrogens (tertiary/aromatic N) is 1. The minimum absolute atomic E-state index is 0.0985. The molecular weight excluding hydrogens is 404 g/mol. The zero-order valence-electron chi connectivity index (χ0n) is 18.7. The summed E-state index contributed by atoms with van der Waals surface area (Å²) in [4.78, 5) is 37.3. The fourth-order valence-corrected chi connectivity index (χ4v) is 2.97. The Kier molecular flexibility index (Phi) is 18.7. The maximum atomic E-state index is 12.6. The smallest absolute Gasteiger partial charge is 0.450 e. The first-order valence-electron chi connectivity index (χ1n) is 11.2. The van der Waals surface area contributed by atoms with Crippen LogP contribution in [0.5, 0.6) is 0 Å². The molecule has 0 bridgehead atoms. The predicted molar refractivity (Wildman–Crippen MR) is 119 cm³/mol. The number of rotatable bonds is 20. The minimum atomic E-state index is -1.39. The van der Waals surface area contributed by atoms with Crippen LogP contribution >= 0.6 is 0 Å². The van der Waals surface area contributed by atoms with Gasteiger partial charge in [0.1, 0.15) is 6.61 Å². The lowest BCUT2D eigenvalue weighted by molar-refractivity contribution is -0.135. The quantitative estimate of drug-likeness (QED) is 0.107. The molecule has 31 heavy (non-hydrogen) atoms. The molecule has 0 aliphatic carbocycles. The number of hydrogen-bond acceptors (Lipinski definition) is 8. The van der Waals surface area contributed by atoms with E-state index in [0.29, 0.717) is 45.6 Å². The molecule has 0 aromatic carbocycles. The molecule has 1 atom stereocenters. The Morgan fingerprint density at radius 3 is 2.19 bits per heavy atom. The van der Waals surface area contributed by atoms with E-state index in [-0.39, 0.29) is 31.5 Å². The van der Waals surface area contributed by atoms with Crippen molar-refractivity contribution in [3.63, 3.8) is 0 Å². The number of nitrogens with one attached hydrogen (secondary N) is 2. The predicted octanol–water partition coefficient (Wildman–Crippen LogP) is -0.419. The number of nitrogens with two attached hydrogens (primary N) is 3. The summed E-state index contributed by atoms with van der Waals surface area (Å²) in [5.41, 5.74) is 16.5. The van der Waals surface area contributed by atoms with Crippen LogP contribution < -0.4 is 27.8 Å². The van der Waals surface area contributed by atoms with Crippen molar-refractivity contribution in [2.24, 2.45) is 17.2 Å². The summed E-state index contributed by atoms with van der Waals surface area (Å²) in [6, 6.07) is -0.461. The highest BCUT2D eigenvalue weighted by Gasteiger charge is 2.20. The normalized spacial score (nSPS) is 11.7. The van der Waals surface area contributed by atoms with Gasteiger partial charge in [-0.15, -0.1) is 0 Å². The number of hydrogen-bond donors (Lipinski definition) is 6. The third-order valence-electron chi connectivity index (χ3n) is 4.68. The van der Waals surface area contributed by atoms with E-state index in [2.05, 4.69) is 15.4 Å². The van der Waals surface area contributed by atoms with E-state index >= 15 is 0 Å². The van der Waals surface area contributed by atoms with Crippen LogP contribution in [0.25, 0.3) is 0 Å². The average Bonchev–Trinajstić information content (AvgIpc) is 2.73. The first-order valence-corrected chi connectivity index (χ1v) is 11.2. The van der Waals surface area contributed by atoms with Gasteiger partial charge in [0.05, 0.1) is 19.1 Å². The fourth-order valence-electron chi connectivity index (χ4n) is 2.97. The standard InChI is InChI=1S/C20H42N6O5/c21-9-3-1-6-12-24-14-19(28)26(13-7-5-11-23)15-18(27)25-17(8-2-4-10-22)16-31-20(29)30/h17,24H,1-16,21-23H2,(H,25,27)(H,29,30)/t17-/m0/s1. The van der Waals surface area contributed by atoms with Gasteiger partial charge in [-0.25, -0.2) is 4.79 Å². The van der Waals surface area contributed by atoms with Crippen molar-refractivity contribution >= 4 is 18.0 Å². The summed E-state index contributed by atoms with van der Waals surface area (Å²) >= 11 is 0. The number of carbonyl (C=O) groups excluding carboxylic acids is 2. The maximum Gasteiger partial charge on any atom is 0.505 e. The highest BCUT2D eigenvalue weighted by atomic mass is 16.7. The number of amides is 2. The molecule has 182 valence electrons. The van der Waals surface area contributed by atoms with Gasteiger partial charge in [-0.1, -0.05) is 12.8 Å². The van der Waals surface area contributed by atoms with E-state index in [0.717, 1.165) is 38.5 Å². The van der Waals surface area contributed by atoms with Crippen LogP contribution in [0.1, 0.15) is 51.4 Å². The van der Waals surface area contributed by atoms with Crippen molar-refractivity contribution in [1.82, 2.24) is 15.5 Å². The Morgan fingerprint density at radius 2 is 1.55 bits per heavy atom. The third-order valence-corrected chi connectivity index (χ3v) is 4.68. The van der Waals surface area contributed by atoms with Crippen molar-refractivity contribution in [3.8, 4) is 0 Å². The van der Waals surface area contributed by atoms with Crippen LogP contribution in [0.3, 0.4) is 0 Å². The number of carboxylic acid groups (broad SMARTS) is 1. The van der Waals surface area contributed by atoms with E-state index in [1.165, 1.54) is 4.90 Å². The molecule has 0 aromatic rings. The first-order chi connectivity index (χ1) is 14.9. The second-order valence-corrected chi connectivity index (χ2v) is 7.46. The van der Waals surface area contributed by atoms with Crippen molar-refractivity contribution in [1.29, 1.82) is 0 Å². The van der Waals surface area contributed by atoms with Gasteiger partial charge in [0, 0.05) is 6.54 Å². The molecule has 9 N–H and O–H groups in total. The Morgan fingerprint density at radius 1 is 0.903 bits per heavy atom. The van der Waals surface area contributed by atoms with Crippen molar-refractivity contribution in [2.75, 3.05) is 52.4 Å². The summed E-state index contributed by atoms with van der Waals surface area (Å²) in [7, 11) is 0. The molecule has 0 rings (SSSR count). The van der Waals surface area contributed by atoms with Gasteiger partial charge >= 0.3 is 6.16 Å². The zero-order valence-corrected chi connectivity index (χ0v) is 18.7. The minimum Gasteiger partial charge on any atom is -0.450 e. The molecule has 0 saturated heterocycles. The van der Waals surface area contributed by atoms with Gasteiger partial charge in [0.2, 0.25) is 11.8 Å².